The van der Waals surface area contributed by atoms with Crippen LogP contribution < -0.4 is 5.56 Å². The second kappa shape index (κ2) is 3.54. The Morgan fingerprint density at radius 3 is 3.33 bits per heavy atom. The summed E-state index contributed by atoms with van der Waals surface area (Å²) in [4.78, 5) is 16.5. The maximum atomic E-state index is 12.0. The van der Waals surface area contributed by atoms with Gasteiger partial charge in [0.2, 0.25) is 0 Å². The van der Waals surface area contributed by atoms with E-state index >= 15 is 0 Å². The molecule has 0 unspecified atom stereocenters. The van der Waals surface area contributed by atoms with Gasteiger partial charge in [-0.15, -0.1) is 11.3 Å². The summed E-state index contributed by atoms with van der Waals surface area (Å²) >= 11 is 7.37. The van der Waals surface area contributed by atoms with Gasteiger partial charge in [0, 0.05) is 17.5 Å². The molecule has 1 aliphatic rings. The first-order chi connectivity index (χ1) is 7.29. The molecule has 6 heteroatoms. The van der Waals surface area contributed by atoms with Crippen LogP contribution in [0.2, 0.25) is 0 Å². The van der Waals surface area contributed by atoms with Gasteiger partial charge >= 0.3 is 0 Å². The average molecular weight is 256 g/mol. The van der Waals surface area contributed by atoms with E-state index in [0.717, 1.165) is 27.7 Å². The Morgan fingerprint density at radius 2 is 2.53 bits per heavy atom. The molecule has 3 heterocycles. The molecule has 0 radical (unpaired) electrons. The first kappa shape index (κ1) is 9.74. The summed E-state index contributed by atoms with van der Waals surface area (Å²) < 4.78 is 2.53. The minimum atomic E-state index is 0.0989. The van der Waals surface area contributed by atoms with Crippen LogP contribution in [0, 0.1) is 0 Å². The van der Waals surface area contributed by atoms with Crippen molar-refractivity contribution in [2.75, 3.05) is 5.75 Å². The van der Waals surface area contributed by atoms with Crippen molar-refractivity contribution in [3.05, 3.63) is 21.8 Å². The molecule has 3 rings (SSSR count). The Bertz CT molecular complexity index is 574. The molecule has 1 atom stereocenters. The van der Waals surface area contributed by atoms with Crippen LogP contribution in [-0.4, -0.2) is 20.6 Å². The molecule has 0 saturated carbocycles. The van der Waals surface area contributed by atoms with Crippen LogP contribution in [0.4, 0.5) is 0 Å². The van der Waals surface area contributed by atoms with Gasteiger partial charge < -0.3 is 0 Å². The van der Waals surface area contributed by atoms with Gasteiger partial charge in [-0.1, -0.05) is 11.8 Å². The van der Waals surface area contributed by atoms with Gasteiger partial charge in [0.15, 0.2) is 5.16 Å². The lowest BCUT2D eigenvalue weighted by atomic mass is 10.4. The Kier molecular flexibility index (Phi) is 2.30. The molecule has 2 aromatic heterocycles. The first-order valence-electron chi connectivity index (χ1n) is 4.55. The van der Waals surface area contributed by atoms with Crippen molar-refractivity contribution in [3.63, 3.8) is 0 Å². The van der Waals surface area contributed by atoms with E-state index in [-0.39, 0.29) is 5.56 Å². The van der Waals surface area contributed by atoms with Gasteiger partial charge in [-0.05, 0) is 11.4 Å². The molecular weight excluding hydrogens is 248 g/mol. The molecule has 15 heavy (non-hydrogen) atoms. The Balaban J connectivity index is 2.26. The number of hydrogen-bond donors (Lipinski definition) is 1. The van der Waals surface area contributed by atoms with Crippen molar-refractivity contribution >= 4 is 45.9 Å². The topological polar surface area (TPSA) is 34.9 Å². The highest BCUT2D eigenvalue weighted by molar-refractivity contribution is 8.00. The zero-order valence-electron chi connectivity index (χ0n) is 7.71. The summed E-state index contributed by atoms with van der Waals surface area (Å²) in [6.45, 7) is 0.739. The van der Waals surface area contributed by atoms with Crippen molar-refractivity contribution in [1.29, 1.82) is 0 Å². The third-order valence-corrected chi connectivity index (χ3v) is 5.14. The van der Waals surface area contributed by atoms with Crippen LogP contribution >= 0.6 is 35.7 Å². The Morgan fingerprint density at radius 1 is 1.67 bits per heavy atom. The number of aromatic nitrogens is 2. The molecule has 0 saturated heterocycles. The number of rotatable bonds is 1. The van der Waals surface area contributed by atoms with Crippen molar-refractivity contribution in [2.45, 2.75) is 17.0 Å². The van der Waals surface area contributed by atoms with Crippen LogP contribution in [0.15, 0.2) is 21.4 Å². The molecule has 3 nitrogen and oxygen atoms in total. The van der Waals surface area contributed by atoms with Gasteiger partial charge in [0.05, 0.1) is 5.52 Å². The lowest BCUT2D eigenvalue weighted by Crippen LogP contribution is -2.21. The first-order valence-corrected chi connectivity index (χ1v) is 6.94. The number of hydrogen-bond acceptors (Lipinski definition) is 5. The number of fused-ring (bicyclic) bond motifs is 2. The van der Waals surface area contributed by atoms with Crippen LogP contribution in [0.1, 0.15) is 0 Å². The highest BCUT2D eigenvalue weighted by Crippen LogP contribution is 2.31. The van der Waals surface area contributed by atoms with Gasteiger partial charge in [0.1, 0.15) is 4.70 Å². The fourth-order valence-electron chi connectivity index (χ4n) is 1.66. The molecule has 2 aromatic rings. The normalized spacial score (nSPS) is 19.7. The van der Waals surface area contributed by atoms with E-state index in [0.29, 0.717) is 5.25 Å². The van der Waals surface area contributed by atoms with E-state index in [9.17, 15) is 4.79 Å². The summed E-state index contributed by atoms with van der Waals surface area (Å²) in [6, 6.07) is 1.90. The quantitative estimate of drug-likeness (QED) is 0.625. The predicted octanol–water partition coefficient (Wildman–Crippen LogP) is 1.86. The third-order valence-electron chi connectivity index (χ3n) is 2.39. The van der Waals surface area contributed by atoms with Gasteiger partial charge in [0.25, 0.3) is 5.56 Å². The molecule has 78 valence electrons. The van der Waals surface area contributed by atoms with Crippen LogP contribution in [0.25, 0.3) is 10.2 Å². The minimum absolute atomic E-state index is 0.0989. The van der Waals surface area contributed by atoms with Crippen molar-refractivity contribution in [1.82, 2.24) is 9.55 Å². The zero-order chi connectivity index (χ0) is 10.4. The van der Waals surface area contributed by atoms with Gasteiger partial charge in [-0.25, -0.2) is 4.98 Å². The second-order valence-corrected chi connectivity index (χ2v) is 5.92. The molecular formula is C9H8N2OS3. The maximum Gasteiger partial charge on any atom is 0.272 e. The fourth-order valence-corrected chi connectivity index (χ4v) is 3.81. The predicted molar refractivity (Wildman–Crippen MR) is 67.4 cm³/mol. The van der Waals surface area contributed by atoms with E-state index in [1.165, 1.54) is 11.3 Å². The lowest BCUT2D eigenvalue weighted by Gasteiger charge is -2.00. The summed E-state index contributed by atoms with van der Waals surface area (Å²) in [5.74, 6) is 0.779. The zero-order valence-corrected chi connectivity index (χ0v) is 10.2. The van der Waals surface area contributed by atoms with E-state index < -0.39 is 0 Å². The summed E-state index contributed by atoms with van der Waals surface area (Å²) in [5.41, 5.74) is 0.922. The second-order valence-electron chi connectivity index (χ2n) is 3.37. The van der Waals surface area contributed by atoms with E-state index in [1.54, 1.807) is 16.3 Å². The van der Waals surface area contributed by atoms with Crippen LogP contribution in [-0.2, 0) is 6.54 Å². The lowest BCUT2D eigenvalue weighted by molar-refractivity contribution is 0.633. The molecule has 0 spiro atoms. The van der Waals surface area contributed by atoms with E-state index in [2.05, 4.69) is 17.6 Å². The van der Waals surface area contributed by atoms with Gasteiger partial charge in [-0.2, -0.15) is 12.6 Å². The SMILES string of the molecule is O=c1c2sccc2nc2n1C[C@H](CS)S2. The van der Waals surface area contributed by atoms with Crippen LogP contribution in [0.3, 0.4) is 0 Å². The highest BCUT2D eigenvalue weighted by atomic mass is 32.2. The molecule has 0 bridgehead atoms. The minimum Gasteiger partial charge on any atom is -0.285 e. The van der Waals surface area contributed by atoms with E-state index in [1.807, 2.05) is 11.4 Å². The number of thiol groups is 1. The number of thioether (sulfide) groups is 1. The van der Waals surface area contributed by atoms with Crippen molar-refractivity contribution in [3.8, 4) is 0 Å². The molecule has 0 amide bonds. The smallest absolute Gasteiger partial charge is 0.272 e. The van der Waals surface area contributed by atoms with Crippen LogP contribution in [0.5, 0.6) is 0 Å². The third kappa shape index (κ3) is 1.43. The van der Waals surface area contributed by atoms with E-state index in [4.69, 9.17) is 0 Å². The summed E-state index contributed by atoms with van der Waals surface area (Å²) in [5, 5.41) is 3.13. The standard InChI is InChI=1S/C9H8N2OS3/c12-8-7-6(1-2-14-7)10-9-11(8)3-5(4-13)15-9/h1-2,5,13H,3-4H2/t5-/m1/s1. The molecule has 0 aromatic carbocycles. The van der Waals surface area contributed by atoms with Crippen molar-refractivity contribution in [2.24, 2.45) is 0 Å². The number of nitrogens with zero attached hydrogens (tertiary/aromatic N) is 2. The number of thiophene rings is 1. The van der Waals surface area contributed by atoms with Gasteiger partial charge in [-0.3, -0.25) is 9.36 Å². The highest BCUT2D eigenvalue weighted by Gasteiger charge is 2.24. The van der Waals surface area contributed by atoms with Crippen molar-refractivity contribution < 1.29 is 0 Å². The molecule has 0 N–H and O–H groups in total. The Hall–Kier alpha value is -0.460. The maximum absolute atomic E-state index is 12.0. The largest absolute Gasteiger partial charge is 0.285 e. The molecule has 1 aliphatic heterocycles. The molecule has 0 fully saturated rings. The fraction of sp³-hybridized carbons (Fsp3) is 0.333. The summed E-state index contributed by atoms with van der Waals surface area (Å²) in [6.07, 6.45) is 0. The average Bonchev–Trinajstić information content (AvgIpc) is 2.83. The monoisotopic (exact) mass is 256 g/mol. The summed E-state index contributed by atoms with van der Waals surface area (Å²) in [7, 11) is 0. The molecule has 0 aliphatic carbocycles. The Labute approximate surface area is 99.9 Å².